The highest BCUT2D eigenvalue weighted by atomic mass is 19.4. The molecule has 0 aliphatic carbocycles. The van der Waals surface area contributed by atoms with Crippen LogP contribution in [0.5, 0.6) is 0 Å². The molecule has 0 radical (unpaired) electrons. The Morgan fingerprint density at radius 2 is 1.20 bits per heavy atom. The standard InChI is InChI=1S/C35H33F3N2/c1-33(2,3)30-19-28(18-27-8-6-7-9-29(27)30)32-20-31(39-22-40-32)26-16-14-25(15-17-26)24-12-10-23(11-13-24)21-34(4,5)35(36,37)38/h6-20,22H,21H2,1-5H3/i21D2. The van der Waals surface area contributed by atoms with Crippen molar-refractivity contribution in [3.05, 3.63) is 108 Å². The maximum Gasteiger partial charge on any atom is 0.394 e. The Morgan fingerprint density at radius 3 is 1.80 bits per heavy atom. The van der Waals surface area contributed by atoms with Gasteiger partial charge in [0.25, 0.3) is 0 Å². The van der Waals surface area contributed by atoms with Crippen LogP contribution in [0.4, 0.5) is 13.2 Å². The summed E-state index contributed by atoms with van der Waals surface area (Å²) in [5.74, 6) is 0. The van der Waals surface area contributed by atoms with Gasteiger partial charge in [0.2, 0.25) is 0 Å². The van der Waals surface area contributed by atoms with Crippen LogP contribution in [0.1, 0.15) is 48.5 Å². The second-order valence-corrected chi connectivity index (χ2v) is 11.7. The average Bonchev–Trinajstić information content (AvgIpc) is 2.95. The second-order valence-electron chi connectivity index (χ2n) is 11.7. The summed E-state index contributed by atoms with van der Waals surface area (Å²) in [6.07, 6.45) is -5.70. The van der Waals surface area contributed by atoms with Crippen molar-refractivity contribution in [1.82, 2.24) is 9.97 Å². The number of hydrogen-bond donors (Lipinski definition) is 0. The number of rotatable bonds is 5. The van der Waals surface area contributed by atoms with Crippen LogP contribution in [0.25, 0.3) is 44.4 Å². The Balaban J connectivity index is 1.43. The van der Waals surface area contributed by atoms with E-state index in [-0.39, 0.29) is 11.0 Å². The van der Waals surface area contributed by atoms with E-state index in [4.69, 9.17) is 2.74 Å². The molecule has 0 saturated carbocycles. The minimum Gasteiger partial charge on any atom is -0.236 e. The van der Waals surface area contributed by atoms with Crippen LogP contribution in [0.15, 0.2) is 97.3 Å². The molecule has 0 N–H and O–H groups in total. The smallest absolute Gasteiger partial charge is 0.236 e. The molecule has 0 amide bonds. The van der Waals surface area contributed by atoms with E-state index in [1.54, 1.807) is 18.5 Å². The van der Waals surface area contributed by atoms with Gasteiger partial charge in [-0.25, -0.2) is 9.97 Å². The molecule has 0 spiro atoms. The molecule has 40 heavy (non-hydrogen) atoms. The molecule has 5 heteroatoms. The van der Waals surface area contributed by atoms with Gasteiger partial charge in [0.05, 0.1) is 16.8 Å². The summed E-state index contributed by atoms with van der Waals surface area (Å²) in [6, 6.07) is 28.6. The van der Waals surface area contributed by atoms with E-state index in [1.807, 2.05) is 36.4 Å². The normalized spacial score (nSPS) is 13.7. The first kappa shape index (κ1) is 25.0. The Morgan fingerprint density at radius 1 is 0.650 bits per heavy atom. The topological polar surface area (TPSA) is 25.8 Å². The zero-order valence-corrected chi connectivity index (χ0v) is 23.3. The van der Waals surface area contributed by atoms with Gasteiger partial charge in [0.15, 0.2) is 0 Å². The number of fused-ring (bicyclic) bond motifs is 1. The predicted octanol–water partition coefficient (Wildman–Crippen LogP) is 10.1. The molecule has 204 valence electrons. The monoisotopic (exact) mass is 540 g/mol. The van der Waals surface area contributed by atoms with Crippen LogP contribution in [0, 0.1) is 5.41 Å². The van der Waals surface area contributed by atoms with E-state index in [9.17, 15) is 13.2 Å². The second kappa shape index (κ2) is 10.2. The van der Waals surface area contributed by atoms with E-state index in [0.717, 1.165) is 52.9 Å². The first-order valence-electron chi connectivity index (χ1n) is 14.2. The zero-order valence-electron chi connectivity index (χ0n) is 25.3. The number of hydrogen-bond acceptors (Lipinski definition) is 2. The van der Waals surface area contributed by atoms with Crippen molar-refractivity contribution in [2.75, 3.05) is 0 Å². The lowest BCUT2D eigenvalue weighted by Crippen LogP contribution is -2.34. The quantitative estimate of drug-likeness (QED) is 0.222. The summed E-state index contributed by atoms with van der Waals surface area (Å²) in [6.45, 7) is 8.40. The van der Waals surface area contributed by atoms with E-state index in [2.05, 4.69) is 61.1 Å². The minimum atomic E-state index is -4.69. The van der Waals surface area contributed by atoms with Crippen molar-refractivity contribution in [2.45, 2.75) is 52.6 Å². The summed E-state index contributed by atoms with van der Waals surface area (Å²) in [7, 11) is 0. The van der Waals surface area contributed by atoms with Crippen LogP contribution in [-0.4, -0.2) is 16.1 Å². The van der Waals surface area contributed by atoms with Gasteiger partial charge in [-0.3, -0.25) is 0 Å². The fraction of sp³-hybridized carbons (Fsp3) is 0.257. The number of nitrogens with zero attached hydrogens (tertiary/aromatic N) is 2. The highest BCUT2D eigenvalue weighted by molar-refractivity contribution is 5.91. The molecule has 2 nitrogen and oxygen atoms in total. The Bertz CT molecular complexity index is 1730. The van der Waals surface area contributed by atoms with Gasteiger partial charge in [-0.2, -0.15) is 13.2 Å². The summed E-state index contributed by atoms with van der Waals surface area (Å²) in [5, 5.41) is 2.39. The van der Waals surface area contributed by atoms with Crippen molar-refractivity contribution in [1.29, 1.82) is 0 Å². The largest absolute Gasteiger partial charge is 0.394 e. The molecule has 1 aromatic heterocycles. The van der Waals surface area contributed by atoms with Gasteiger partial charge < -0.3 is 0 Å². The molecular formula is C35H33F3N2. The zero-order chi connectivity index (χ0) is 30.5. The lowest BCUT2D eigenvalue weighted by atomic mass is 9.82. The summed E-state index contributed by atoms with van der Waals surface area (Å²) < 4.78 is 57.0. The molecule has 5 rings (SSSR count). The van der Waals surface area contributed by atoms with E-state index in [0.29, 0.717) is 0 Å². The van der Waals surface area contributed by atoms with E-state index < -0.39 is 18.0 Å². The molecule has 5 aromatic rings. The first-order valence-corrected chi connectivity index (χ1v) is 13.2. The number of halogens is 3. The van der Waals surface area contributed by atoms with Gasteiger partial charge in [-0.1, -0.05) is 107 Å². The molecule has 4 aromatic carbocycles. The van der Waals surface area contributed by atoms with E-state index in [1.165, 1.54) is 23.1 Å². The van der Waals surface area contributed by atoms with Crippen molar-refractivity contribution in [2.24, 2.45) is 5.41 Å². The number of alkyl halides is 3. The third kappa shape index (κ3) is 5.65. The van der Waals surface area contributed by atoms with Crippen LogP contribution >= 0.6 is 0 Å². The maximum absolute atomic E-state index is 13.5. The van der Waals surface area contributed by atoms with Crippen LogP contribution in [0.3, 0.4) is 0 Å². The third-order valence-electron chi connectivity index (χ3n) is 7.20. The summed E-state index contributed by atoms with van der Waals surface area (Å²) >= 11 is 0. The minimum absolute atomic E-state index is 0.0120. The van der Waals surface area contributed by atoms with Crippen molar-refractivity contribution >= 4 is 10.8 Å². The molecule has 0 fully saturated rings. The summed E-state index contributed by atoms with van der Waals surface area (Å²) in [4.78, 5) is 9.09. The molecule has 0 aliphatic rings. The van der Waals surface area contributed by atoms with Crippen LogP contribution in [-0.2, 0) is 11.8 Å². The van der Waals surface area contributed by atoms with Crippen LogP contribution < -0.4 is 0 Å². The van der Waals surface area contributed by atoms with Crippen LogP contribution in [0.2, 0.25) is 0 Å². The Hall–Kier alpha value is -3.99. The van der Waals surface area contributed by atoms with Crippen molar-refractivity contribution in [3.63, 3.8) is 0 Å². The molecule has 0 bridgehead atoms. The van der Waals surface area contributed by atoms with Crippen molar-refractivity contribution < 1.29 is 15.9 Å². The molecular weight excluding hydrogens is 505 g/mol. The van der Waals surface area contributed by atoms with Gasteiger partial charge >= 0.3 is 6.18 Å². The Labute approximate surface area is 236 Å². The van der Waals surface area contributed by atoms with Gasteiger partial charge in [-0.05, 0) is 63.0 Å². The number of aromatic nitrogens is 2. The van der Waals surface area contributed by atoms with Gasteiger partial charge in [0, 0.05) is 13.9 Å². The average molecular weight is 541 g/mol. The first-order chi connectivity index (χ1) is 19.6. The fourth-order valence-electron chi connectivity index (χ4n) is 4.76. The fourth-order valence-corrected chi connectivity index (χ4v) is 4.76. The highest BCUT2D eigenvalue weighted by Crippen LogP contribution is 2.40. The molecule has 0 saturated heterocycles. The Kier molecular flexibility index (Phi) is 6.38. The number of benzene rings is 4. The van der Waals surface area contributed by atoms with E-state index >= 15 is 0 Å². The van der Waals surface area contributed by atoms with Gasteiger partial charge in [-0.15, -0.1) is 0 Å². The maximum atomic E-state index is 13.5. The molecule has 1 heterocycles. The predicted molar refractivity (Wildman–Crippen MR) is 158 cm³/mol. The third-order valence-corrected chi connectivity index (χ3v) is 7.20. The lowest BCUT2D eigenvalue weighted by Gasteiger charge is -2.27. The molecule has 0 atom stereocenters. The van der Waals surface area contributed by atoms with Gasteiger partial charge in [0.1, 0.15) is 6.33 Å². The lowest BCUT2D eigenvalue weighted by molar-refractivity contribution is -0.211. The molecule has 0 aliphatic heterocycles. The highest BCUT2D eigenvalue weighted by Gasteiger charge is 2.46. The SMILES string of the molecule is [2H]C([2H])(c1ccc(-c2ccc(-c3cc(-c4cc(C(C)(C)C)c5ccccc5c4)ncn3)cc2)cc1)C(C)(C)C(F)(F)F. The molecule has 0 unspecified atom stereocenters. The summed E-state index contributed by atoms with van der Waals surface area (Å²) in [5.41, 5.74) is 3.81. The van der Waals surface area contributed by atoms with Crippen molar-refractivity contribution in [3.8, 4) is 33.6 Å².